The highest BCUT2D eigenvalue weighted by Crippen LogP contribution is 2.20. The van der Waals surface area contributed by atoms with E-state index in [0.717, 1.165) is 0 Å². The average Bonchev–Trinajstić information content (AvgIpc) is 2.37. The number of rotatable bonds is 7. The molecule has 0 aromatic heterocycles. The molecule has 0 heterocycles. The van der Waals surface area contributed by atoms with Crippen LogP contribution in [0.15, 0.2) is 18.2 Å². The minimum absolute atomic E-state index is 0.177. The first-order valence-corrected chi connectivity index (χ1v) is 6.45. The zero-order chi connectivity index (χ0) is 15.1. The third-order valence-corrected chi connectivity index (χ3v) is 2.55. The van der Waals surface area contributed by atoms with Crippen molar-refractivity contribution in [3.63, 3.8) is 0 Å². The number of nitrogens with two attached hydrogens (primary N) is 1. The van der Waals surface area contributed by atoms with E-state index in [1.165, 1.54) is 12.1 Å². The van der Waals surface area contributed by atoms with Gasteiger partial charge < -0.3 is 20.3 Å². The third kappa shape index (κ3) is 4.46. The van der Waals surface area contributed by atoms with Crippen molar-refractivity contribution in [1.29, 1.82) is 0 Å². The van der Waals surface area contributed by atoms with E-state index in [4.69, 9.17) is 20.3 Å². The molecule has 0 saturated heterocycles. The first-order chi connectivity index (χ1) is 9.47. The monoisotopic (exact) mass is 281 g/mol. The lowest BCUT2D eigenvalue weighted by Gasteiger charge is -2.13. The molecule has 0 aliphatic heterocycles. The van der Waals surface area contributed by atoms with Crippen LogP contribution in [-0.2, 0) is 9.53 Å². The number of hydrogen-bond acceptors (Lipinski definition) is 5. The summed E-state index contributed by atoms with van der Waals surface area (Å²) in [7, 11) is 0. The van der Waals surface area contributed by atoms with Gasteiger partial charge in [-0.2, -0.15) is 0 Å². The topological polar surface area (TPSA) is 98.9 Å². The molecular weight excluding hydrogens is 262 g/mol. The van der Waals surface area contributed by atoms with E-state index in [1.807, 2.05) is 13.8 Å². The number of esters is 1. The van der Waals surface area contributed by atoms with Gasteiger partial charge in [-0.05, 0) is 25.5 Å². The second-order valence-electron chi connectivity index (χ2n) is 4.24. The Morgan fingerprint density at radius 3 is 2.55 bits per heavy atom. The number of ether oxygens (including phenoxy) is 2. The molecule has 0 saturated carbocycles. The van der Waals surface area contributed by atoms with Crippen LogP contribution in [0.2, 0.25) is 0 Å². The maximum atomic E-state index is 11.9. The summed E-state index contributed by atoms with van der Waals surface area (Å²) in [5, 5.41) is 8.97. The van der Waals surface area contributed by atoms with Gasteiger partial charge in [-0.3, -0.25) is 0 Å². The number of carboxylic acids is 1. The summed E-state index contributed by atoms with van der Waals surface area (Å²) in [5.41, 5.74) is 6.20. The number of nitrogen functional groups attached to an aromatic ring is 1. The SMILES string of the molecule is CCCC(OC(=O)c1cc(N)cc(OCC)c1)C(=O)O. The Kier molecular flexibility index (Phi) is 5.83. The summed E-state index contributed by atoms with van der Waals surface area (Å²) < 4.78 is 10.3. The van der Waals surface area contributed by atoms with Crippen molar-refractivity contribution in [2.24, 2.45) is 0 Å². The molecule has 0 amide bonds. The normalized spacial score (nSPS) is 11.7. The van der Waals surface area contributed by atoms with Gasteiger partial charge in [0.25, 0.3) is 0 Å². The van der Waals surface area contributed by atoms with Crippen LogP contribution >= 0.6 is 0 Å². The van der Waals surface area contributed by atoms with Crippen molar-refractivity contribution < 1.29 is 24.2 Å². The van der Waals surface area contributed by atoms with E-state index >= 15 is 0 Å². The molecular formula is C14H19NO5. The van der Waals surface area contributed by atoms with E-state index in [2.05, 4.69) is 0 Å². The van der Waals surface area contributed by atoms with Crippen LogP contribution in [0.4, 0.5) is 5.69 Å². The van der Waals surface area contributed by atoms with Crippen molar-refractivity contribution >= 4 is 17.6 Å². The lowest BCUT2D eigenvalue weighted by molar-refractivity contribution is -0.147. The van der Waals surface area contributed by atoms with E-state index in [9.17, 15) is 9.59 Å². The van der Waals surface area contributed by atoms with Crippen LogP contribution in [0.5, 0.6) is 5.75 Å². The largest absolute Gasteiger partial charge is 0.494 e. The highest BCUT2D eigenvalue weighted by atomic mass is 16.6. The lowest BCUT2D eigenvalue weighted by atomic mass is 10.1. The molecule has 20 heavy (non-hydrogen) atoms. The van der Waals surface area contributed by atoms with Crippen molar-refractivity contribution in [3.8, 4) is 5.75 Å². The van der Waals surface area contributed by atoms with E-state index in [0.29, 0.717) is 24.5 Å². The van der Waals surface area contributed by atoms with Crippen molar-refractivity contribution in [1.82, 2.24) is 0 Å². The van der Waals surface area contributed by atoms with Crippen molar-refractivity contribution in [2.75, 3.05) is 12.3 Å². The predicted octanol–water partition coefficient (Wildman–Crippen LogP) is 2.08. The minimum Gasteiger partial charge on any atom is -0.494 e. The molecule has 1 atom stereocenters. The molecule has 0 aliphatic carbocycles. The van der Waals surface area contributed by atoms with Gasteiger partial charge in [0.1, 0.15) is 5.75 Å². The molecule has 0 aliphatic rings. The van der Waals surface area contributed by atoms with Crippen LogP contribution in [0.3, 0.4) is 0 Å². The fourth-order valence-electron chi connectivity index (χ4n) is 1.68. The summed E-state index contributed by atoms with van der Waals surface area (Å²) in [4.78, 5) is 22.9. The number of carbonyl (C=O) groups excluding carboxylic acids is 1. The molecule has 6 nitrogen and oxygen atoms in total. The maximum absolute atomic E-state index is 11.9. The molecule has 6 heteroatoms. The Hall–Kier alpha value is -2.24. The van der Waals surface area contributed by atoms with Crippen LogP contribution in [-0.4, -0.2) is 29.8 Å². The van der Waals surface area contributed by atoms with Gasteiger partial charge in [0.05, 0.1) is 12.2 Å². The van der Waals surface area contributed by atoms with Crippen molar-refractivity contribution in [3.05, 3.63) is 23.8 Å². The van der Waals surface area contributed by atoms with Gasteiger partial charge in [-0.1, -0.05) is 13.3 Å². The molecule has 0 fully saturated rings. The van der Waals surface area contributed by atoms with Gasteiger partial charge in [0, 0.05) is 11.8 Å². The van der Waals surface area contributed by atoms with Gasteiger partial charge in [0.2, 0.25) is 0 Å². The fraction of sp³-hybridized carbons (Fsp3) is 0.429. The van der Waals surface area contributed by atoms with E-state index in [1.54, 1.807) is 6.07 Å². The number of carbonyl (C=O) groups is 2. The number of carboxylic acid groups (broad SMARTS) is 1. The Bertz CT molecular complexity index is 486. The maximum Gasteiger partial charge on any atom is 0.345 e. The second-order valence-corrected chi connectivity index (χ2v) is 4.24. The summed E-state index contributed by atoms with van der Waals surface area (Å²) in [6.07, 6.45) is -0.281. The average molecular weight is 281 g/mol. The number of anilines is 1. The Morgan fingerprint density at radius 1 is 1.30 bits per heavy atom. The summed E-state index contributed by atoms with van der Waals surface area (Å²) in [6, 6.07) is 4.49. The van der Waals surface area contributed by atoms with Crippen molar-refractivity contribution in [2.45, 2.75) is 32.8 Å². The minimum atomic E-state index is -1.16. The fourth-order valence-corrected chi connectivity index (χ4v) is 1.68. The van der Waals surface area contributed by atoms with Gasteiger partial charge in [-0.15, -0.1) is 0 Å². The first kappa shape index (κ1) is 15.8. The van der Waals surface area contributed by atoms with Gasteiger partial charge in [0.15, 0.2) is 6.10 Å². The number of hydrogen-bond donors (Lipinski definition) is 2. The van der Waals surface area contributed by atoms with E-state index in [-0.39, 0.29) is 12.0 Å². The zero-order valence-corrected chi connectivity index (χ0v) is 11.6. The molecule has 0 spiro atoms. The second kappa shape index (κ2) is 7.37. The highest BCUT2D eigenvalue weighted by molar-refractivity contribution is 5.92. The first-order valence-electron chi connectivity index (χ1n) is 6.45. The molecule has 3 N–H and O–H groups in total. The van der Waals surface area contributed by atoms with Crippen LogP contribution in [0.1, 0.15) is 37.0 Å². The quantitative estimate of drug-likeness (QED) is 0.586. The molecule has 1 aromatic carbocycles. The molecule has 1 aromatic rings. The Morgan fingerprint density at radius 2 is 2.00 bits per heavy atom. The molecule has 110 valence electrons. The Labute approximate surface area is 117 Å². The van der Waals surface area contributed by atoms with E-state index < -0.39 is 18.0 Å². The lowest BCUT2D eigenvalue weighted by Crippen LogP contribution is -2.26. The van der Waals surface area contributed by atoms with Crippen LogP contribution < -0.4 is 10.5 Å². The summed E-state index contributed by atoms with van der Waals surface area (Å²) >= 11 is 0. The number of benzene rings is 1. The molecule has 0 bridgehead atoms. The predicted molar refractivity (Wildman–Crippen MR) is 73.8 cm³/mol. The smallest absolute Gasteiger partial charge is 0.345 e. The highest BCUT2D eigenvalue weighted by Gasteiger charge is 2.22. The van der Waals surface area contributed by atoms with Crippen LogP contribution in [0.25, 0.3) is 0 Å². The zero-order valence-electron chi connectivity index (χ0n) is 11.6. The van der Waals surface area contributed by atoms with Gasteiger partial charge in [-0.25, -0.2) is 9.59 Å². The summed E-state index contributed by atoms with van der Waals surface area (Å²) in [6.45, 7) is 4.06. The van der Waals surface area contributed by atoms with Gasteiger partial charge >= 0.3 is 11.9 Å². The van der Waals surface area contributed by atoms with Crippen LogP contribution in [0, 0.1) is 0 Å². The Balaban J connectivity index is 2.88. The summed E-state index contributed by atoms with van der Waals surface area (Å²) in [5.74, 6) is -1.44. The molecule has 1 unspecified atom stereocenters. The number of aliphatic carboxylic acids is 1. The third-order valence-electron chi connectivity index (χ3n) is 2.55. The standard InChI is InChI=1S/C14H19NO5/c1-3-5-12(13(16)17)20-14(18)9-6-10(15)8-11(7-9)19-4-2/h6-8,12H,3-5,15H2,1-2H3,(H,16,17). The molecule has 0 radical (unpaired) electrons. The molecule has 1 rings (SSSR count).